The number of nitrogens with zero attached hydrogens (tertiary/aromatic N) is 6. The van der Waals surface area contributed by atoms with Crippen molar-refractivity contribution in [2.45, 2.75) is 20.5 Å². The van der Waals surface area contributed by atoms with Crippen LogP contribution in [0.1, 0.15) is 16.3 Å². The first kappa shape index (κ1) is 18.7. The summed E-state index contributed by atoms with van der Waals surface area (Å²) in [5.41, 5.74) is 3.67. The lowest BCUT2D eigenvalue weighted by atomic mass is 10.2. The molecule has 0 aliphatic rings. The summed E-state index contributed by atoms with van der Waals surface area (Å²) in [7, 11) is 0. The number of aryl methyl sites for hydroxylation is 2. The van der Waals surface area contributed by atoms with Crippen LogP contribution in [0.25, 0.3) is 22.1 Å². The Morgan fingerprint density at radius 3 is 2.83 bits per heavy atom. The molecule has 0 aliphatic heterocycles. The molecule has 0 aliphatic carbocycles. The lowest BCUT2D eigenvalue weighted by molar-refractivity contribution is 0.300. The van der Waals surface area contributed by atoms with Crippen LogP contribution >= 0.6 is 43.2 Å². The van der Waals surface area contributed by atoms with Gasteiger partial charge in [-0.3, -0.25) is 4.40 Å². The van der Waals surface area contributed by atoms with Gasteiger partial charge in [-0.1, -0.05) is 33.3 Å². The fourth-order valence-corrected chi connectivity index (χ4v) is 5.55. The van der Waals surface area contributed by atoms with Gasteiger partial charge in [0.1, 0.15) is 23.7 Å². The summed E-state index contributed by atoms with van der Waals surface area (Å²) in [6.07, 6.45) is 1.97. The SMILES string of the molecule is Cc1cc(Br)cc(Br)c1OCc1nn2c(-c3c(C)nc4ccccn34)nnc2s1. The second-order valence-corrected chi connectivity index (χ2v) is 9.32. The molecule has 1 aromatic carbocycles. The molecular formula is C19H14Br2N6OS. The van der Waals surface area contributed by atoms with Crippen molar-refractivity contribution in [1.82, 2.24) is 29.2 Å². The zero-order chi connectivity index (χ0) is 20.1. The zero-order valence-corrected chi connectivity index (χ0v) is 19.4. The van der Waals surface area contributed by atoms with Crippen LogP contribution in [0.15, 0.2) is 45.5 Å². The minimum Gasteiger partial charge on any atom is -0.485 e. The lowest BCUT2D eigenvalue weighted by Gasteiger charge is -2.10. The fourth-order valence-electron chi connectivity index (χ4n) is 3.25. The Bertz CT molecular complexity index is 1350. The van der Waals surface area contributed by atoms with Gasteiger partial charge in [0.05, 0.1) is 10.2 Å². The van der Waals surface area contributed by atoms with E-state index >= 15 is 0 Å². The summed E-state index contributed by atoms with van der Waals surface area (Å²) in [4.78, 5) is 5.33. The number of hydrogen-bond acceptors (Lipinski definition) is 6. The normalized spacial score (nSPS) is 11.6. The Hall–Kier alpha value is -2.30. The third-order valence-electron chi connectivity index (χ3n) is 4.48. The summed E-state index contributed by atoms with van der Waals surface area (Å²) < 4.78 is 11.7. The Labute approximate surface area is 186 Å². The molecule has 146 valence electrons. The molecule has 0 bridgehead atoms. The van der Waals surface area contributed by atoms with E-state index in [-0.39, 0.29) is 0 Å². The van der Waals surface area contributed by atoms with E-state index < -0.39 is 0 Å². The van der Waals surface area contributed by atoms with E-state index in [4.69, 9.17) is 4.74 Å². The van der Waals surface area contributed by atoms with Crippen molar-refractivity contribution < 1.29 is 4.74 Å². The van der Waals surface area contributed by atoms with Crippen LogP contribution in [-0.4, -0.2) is 29.2 Å². The molecule has 0 unspecified atom stereocenters. The molecule has 4 heterocycles. The first-order chi connectivity index (χ1) is 14.0. The monoisotopic (exact) mass is 532 g/mol. The van der Waals surface area contributed by atoms with E-state index in [1.165, 1.54) is 11.3 Å². The van der Waals surface area contributed by atoms with E-state index in [0.717, 1.165) is 47.3 Å². The minimum atomic E-state index is 0.348. The van der Waals surface area contributed by atoms with Crippen LogP contribution < -0.4 is 4.74 Å². The second kappa shape index (κ2) is 7.19. The third-order valence-corrected chi connectivity index (χ3v) is 6.40. The van der Waals surface area contributed by atoms with Gasteiger partial charge >= 0.3 is 0 Å². The highest BCUT2D eigenvalue weighted by Crippen LogP contribution is 2.33. The van der Waals surface area contributed by atoms with Gasteiger partial charge in [-0.2, -0.15) is 9.61 Å². The maximum Gasteiger partial charge on any atom is 0.235 e. The molecule has 0 atom stereocenters. The van der Waals surface area contributed by atoms with Crippen molar-refractivity contribution in [3.05, 3.63) is 61.7 Å². The summed E-state index contributed by atoms with van der Waals surface area (Å²) in [5, 5.41) is 14.2. The topological polar surface area (TPSA) is 69.6 Å². The maximum atomic E-state index is 6.03. The van der Waals surface area contributed by atoms with Gasteiger partial charge in [0.25, 0.3) is 0 Å². The van der Waals surface area contributed by atoms with Crippen molar-refractivity contribution in [2.24, 2.45) is 0 Å². The number of imidazole rings is 1. The molecule has 0 N–H and O–H groups in total. The van der Waals surface area contributed by atoms with Crippen molar-refractivity contribution >= 4 is 53.8 Å². The molecule has 0 fully saturated rings. The van der Waals surface area contributed by atoms with E-state index in [1.54, 1.807) is 4.52 Å². The van der Waals surface area contributed by atoms with Gasteiger partial charge in [0, 0.05) is 10.7 Å². The molecule has 5 rings (SSSR count). The van der Waals surface area contributed by atoms with Gasteiger partial charge in [-0.05, 0) is 59.6 Å². The second-order valence-electron chi connectivity index (χ2n) is 6.51. The molecule has 0 saturated carbocycles. The number of pyridine rings is 1. The van der Waals surface area contributed by atoms with E-state index in [1.807, 2.05) is 54.8 Å². The number of hydrogen-bond donors (Lipinski definition) is 0. The molecule has 7 nitrogen and oxygen atoms in total. The number of rotatable bonds is 4. The predicted octanol–water partition coefficient (Wildman–Crippen LogP) is 5.22. The number of halogens is 2. The van der Waals surface area contributed by atoms with Crippen LogP contribution in [0, 0.1) is 13.8 Å². The smallest absolute Gasteiger partial charge is 0.235 e. The van der Waals surface area contributed by atoms with E-state index in [2.05, 4.69) is 52.1 Å². The lowest BCUT2D eigenvalue weighted by Crippen LogP contribution is -2.00. The summed E-state index contributed by atoms with van der Waals surface area (Å²) in [6.45, 7) is 4.32. The van der Waals surface area contributed by atoms with Crippen LogP contribution in [0.4, 0.5) is 0 Å². The predicted molar refractivity (Wildman–Crippen MR) is 118 cm³/mol. The molecule has 0 amide bonds. The van der Waals surface area contributed by atoms with Crippen molar-refractivity contribution in [1.29, 1.82) is 0 Å². The molecular weight excluding hydrogens is 520 g/mol. The molecule has 0 saturated heterocycles. The standard InChI is InChI=1S/C19H14Br2N6OS/c1-10-7-12(20)8-13(21)17(10)28-9-15-25-27-18(23-24-19(27)29-15)16-11(2)22-14-5-3-4-6-26(14)16/h3-8H,9H2,1-2H3. The van der Waals surface area contributed by atoms with Gasteiger partial charge < -0.3 is 4.74 Å². The van der Waals surface area contributed by atoms with E-state index in [9.17, 15) is 0 Å². The van der Waals surface area contributed by atoms with Crippen LogP contribution in [-0.2, 0) is 6.61 Å². The fraction of sp³-hybridized carbons (Fsp3) is 0.158. The first-order valence-electron chi connectivity index (χ1n) is 8.75. The van der Waals surface area contributed by atoms with Gasteiger partial charge in [0.15, 0.2) is 5.01 Å². The largest absolute Gasteiger partial charge is 0.485 e. The average molecular weight is 534 g/mol. The first-order valence-corrected chi connectivity index (χ1v) is 11.1. The number of aromatic nitrogens is 6. The number of ether oxygens (including phenoxy) is 1. The van der Waals surface area contributed by atoms with Gasteiger partial charge in [-0.15, -0.1) is 10.2 Å². The minimum absolute atomic E-state index is 0.348. The van der Waals surface area contributed by atoms with Crippen LogP contribution in [0.5, 0.6) is 5.75 Å². The Balaban J connectivity index is 1.50. The number of benzene rings is 1. The zero-order valence-electron chi connectivity index (χ0n) is 15.4. The third kappa shape index (κ3) is 3.24. The molecule has 4 aromatic heterocycles. The maximum absolute atomic E-state index is 6.03. The van der Waals surface area contributed by atoms with Crippen molar-refractivity contribution in [3.63, 3.8) is 0 Å². The van der Waals surface area contributed by atoms with Gasteiger partial charge in [-0.25, -0.2) is 4.98 Å². The van der Waals surface area contributed by atoms with Crippen molar-refractivity contribution in [2.75, 3.05) is 0 Å². The summed E-state index contributed by atoms with van der Waals surface area (Å²) in [5.74, 6) is 1.47. The molecule has 0 spiro atoms. The van der Waals surface area contributed by atoms with Crippen molar-refractivity contribution in [3.8, 4) is 17.3 Å². The number of fused-ring (bicyclic) bond motifs is 2. The molecule has 0 radical (unpaired) electrons. The highest BCUT2D eigenvalue weighted by molar-refractivity contribution is 9.11. The Kier molecular flexibility index (Phi) is 4.64. The molecule has 10 heteroatoms. The molecule has 5 aromatic rings. The molecule has 29 heavy (non-hydrogen) atoms. The average Bonchev–Trinajstić information content (AvgIpc) is 3.32. The van der Waals surface area contributed by atoms with Crippen LogP contribution in [0.2, 0.25) is 0 Å². The quantitative estimate of drug-likeness (QED) is 0.316. The Morgan fingerprint density at radius 2 is 2.00 bits per heavy atom. The Morgan fingerprint density at radius 1 is 1.14 bits per heavy atom. The van der Waals surface area contributed by atoms with Crippen LogP contribution in [0.3, 0.4) is 0 Å². The van der Waals surface area contributed by atoms with Gasteiger partial charge in [0.2, 0.25) is 10.8 Å². The highest BCUT2D eigenvalue weighted by atomic mass is 79.9. The summed E-state index contributed by atoms with van der Waals surface area (Å²) >= 11 is 8.51. The summed E-state index contributed by atoms with van der Waals surface area (Å²) in [6, 6.07) is 9.88. The van der Waals surface area contributed by atoms with E-state index in [0.29, 0.717) is 12.4 Å². The highest BCUT2D eigenvalue weighted by Gasteiger charge is 2.20.